The molecule has 0 spiro atoms. The second kappa shape index (κ2) is 35.7. The Bertz CT molecular complexity index is 708. The van der Waals surface area contributed by atoms with Crippen molar-refractivity contribution in [3.63, 3.8) is 0 Å². The number of hydrogen-bond acceptors (Lipinski definition) is 6. The Kier molecular flexibility index (Phi) is 34.5. The monoisotopic (exact) mass is 667 g/mol. The van der Waals surface area contributed by atoms with E-state index in [-0.39, 0.29) is 31.1 Å². The molecule has 0 saturated carbocycles. The molecule has 0 bridgehead atoms. The van der Waals surface area contributed by atoms with Crippen molar-refractivity contribution in [2.75, 3.05) is 13.2 Å². The molecule has 0 aromatic carbocycles. The van der Waals surface area contributed by atoms with E-state index in [1.54, 1.807) is 0 Å². The van der Waals surface area contributed by atoms with E-state index in [0.717, 1.165) is 63.7 Å². The maximum absolute atomic E-state index is 12.6. The third kappa shape index (κ3) is 34.1. The van der Waals surface area contributed by atoms with E-state index in [9.17, 15) is 14.4 Å². The second-order valence-electron chi connectivity index (χ2n) is 14.2. The number of carbonyl (C=O) groups is 3. The highest BCUT2D eigenvalue weighted by Crippen LogP contribution is 2.16. The molecule has 0 heterocycles. The number of ether oxygens (including phenoxy) is 3. The van der Waals surface area contributed by atoms with Crippen molar-refractivity contribution in [3.8, 4) is 0 Å². The highest BCUT2D eigenvalue weighted by molar-refractivity contribution is 5.71. The van der Waals surface area contributed by atoms with Crippen LogP contribution in [0.15, 0.2) is 0 Å². The zero-order valence-corrected chi connectivity index (χ0v) is 31.7. The van der Waals surface area contributed by atoms with Crippen LogP contribution >= 0.6 is 0 Å². The van der Waals surface area contributed by atoms with Gasteiger partial charge in [-0.2, -0.15) is 0 Å². The number of hydrogen-bond donors (Lipinski definition) is 0. The molecule has 2 atom stereocenters. The van der Waals surface area contributed by atoms with E-state index in [1.807, 2.05) is 0 Å². The quantitative estimate of drug-likeness (QED) is 0.0376. The first kappa shape index (κ1) is 45.4. The first-order chi connectivity index (χ1) is 22.9. The van der Waals surface area contributed by atoms with Crippen molar-refractivity contribution in [2.45, 2.75) is 226 Å². The summed E-state index contributed by atoms with van der Waals surface area (Å²) in [5, 5.41) is 0. The highest BCUT2D eigenvalue weighted by Gasteiger charge is 2.19. The highest BCUT2D eigenvalue weighted by atomic mass is 16.6. The lowest BCUT2D eigenvalue weighted by Gasteiger charge is -2.18. The van der Waals surface area contributed by atoms with Gasteiger partial charge in [-0.1, -0.05) is 182 Å². The summed E-state index contributed by atoms with van der Waals surface area (Å²) in [5.41, 5.74) is 0. The van der Waals surface area contributed by atoms with E-state index in [1.165, 1.54) is 116 Å². The molecule has 0 aliphatic carbocycles. The molecule has 6 heteroatoms. The Hall–Kier alpha value is -1.59. The summed E-state index contributed by atoms with van der Waals surface area (Å²) in [4.78, 5) is 37.4. The van der Waals surface area contributed by atoms with Gasteiger partial charge in [-0.15, -0.1) is 0 Å². The van der Waals surface area contributed by atoms with Gasteiger partial charge in [0.15, 0.2) is 6.10 Å². The normalized spacial score (nSPS) is 12.5. The van der Waals surface area contributed by atoms with E-state index >= 15 is 0 Å². The Balaban J connectivity index is 4.33. The van der Waals surface area contributed by atoms with Crippen LogP contribution in [0.4, 0.5) is 0 Å². The lowest BCUT2D eigenvalue weighted by atomic mass is 10.00. The molecule has 47 heavy (non-hydrogen) atoms. The average molecular weight is 667 g/mol. The van der Waals surface area contributed by atoms with Crippen LogP contribution < -0.4 is 0 Å². The van der Waals surface area contributed by atoms with E-state index in [2.05, 4.69) is 27.7 Å². The van der Waals surface area contributed by atoms with Gasteiger partial charge >= 0.3 is 17.9 Å². The molecule has 0 aromatic heterocycles. The molecule has 0 N–H and O–H groups in total. The molecule has 0 fully saturated rings. The van der Waals surface area contributed by atoms with Crippen LogP contribution in [-0.2, 0) is 28.6 Å². The SMILES string of the molecule is CCCCCCCCCCCCCCC(=O)O[C@H](COC(=O)CCCCCCCCC)COC(=O)CCCCCCCCC(C)CC. The predicted octanol–water partition coefficient (Wildman–Crippen LogP) is 12.4. The van der Waals surface area contributed by atoms with Gasteiger partial charge in [0.05, 0.1) is 0 Å². The molecule has 0 radical (unpaired) electrons. The maximum Gasteiger partial charge on any atom is 0.306 e. The van der Waals surface area contributed by atoms with Gasteiger partial charge in [0.2, 0.25) is 0 Å². The van der Waals surface area contributed by atoms with Gasteiger partial charge in [0.25, 0.3) is 0 Å². The number of carbonyl (C=O) groups excluding carboxylic acids is 3. The summed E-state index contributed by atoms with van der Waals surface area (Å²) in [7, 11) is 0. The largest absolute Gasteiger partial charge is 0.462 e. The standard InChI is InChI=1S/C41H78O6/c1-5-8-10-12-14-15-16-17-18-20-26-30-34-41(44)47-38(35-45-39(42)32-28-24-19-13-11-9-6-2)36-46-40(43)33-29-25-22-21-23-27-31-37(4)7-3/h37-38H,5-36H2,1-4H3/t37?,38-/m1/s1. The molecule has 6 nitrogen and oxygen atoms in total. The number of rotatable bonds is 36. The molecule has 0 aliphatic heterocycles. The van der Waals surface area contributed by atoms with Gasteiger partial charge in [-0.25, -0.2) is 0 Å². The van der Waals surface area contributed by atoms with Crippen molar-refractivity contribution >= 4 is 17.9 Å². The molecule has 1 unspecified atom stereocenters. The van der Waals surface area contributed by atoms with Crippen LogP contribution in [0.25, 0.3) is 0 Å². The smallest absolute Gasteiger partial charge is 0.306 e. The van der Waals surface area contributed by atoms with Gasteiger partial charge < -0.3 is 14.2 Å². The number of unbranched alkanes of at least 4 members (excludes halogenated alkanes) is 22. The Morgan fingerprint density at radius 2 is 0.745 bits per heavy atom. The van der Waals surface area contributed by atoms with Gasteiger partial charge in [0.1, 0.15) is 13.2 Å². The minimum atomic E-state index is -0.757. The molecule has 0 amide bonds. The Morgan fingerprint density at radius 1 is 0.426 bits per heavy atom. The summed E-state index contributed by atoms with van der Waals surface area (Å²) in [5.74, 6) is -0.0559. The molecule has 0 saturated heterocycles. The fourth-order valence-corrected chi connectivity index (χ4v) is 5.89. The summed E-state index contributed by atoms with van der Waals surface area (Å²) in [6, 6.07) is 0. The van der Waals surface area contributed by atoms with Crippen molar-refractivity contribution in [2.24, 2.45) is 5.92 Å². The third-order valence-corrected chi connectivity index (χ3v) is 9.40. The molecule has 0 aromatic rings. The first-order valence-corrected chi connectivity index (χ1v) is 20.4. The first-order valence-electron chi connectivity index (χ1n) is 20.4. The molecular formula is C41H78O6. The van der Waals surface area contributed by atoms with Crippen molar-refractivity contribution in [1.82, 2.24) is 0 Å². The maximum atomic E-state index is 12.6. The zero-order valence-electron chi connectivity index (χ0n) is 31.7. The second-order valence-corrected chi connectivity index (χ2v) is 14.2. The predicted molar refractivity (Wildman–Crippen MR) is 196 cm³/mol. The summed E-state index contributed by atoms with van der Waals surface area (Å²) in [6.07, 6.45) is 32.4. The lowest BCUT2D eigenvalue weighted by Crippen LogP contribution is -2.30. The Labute approximate surface area is 291 Å². The topological polar surface area (TPSA) is 78.9 Å². The van der Waals surface area contributed by atoms with Crippen LogP contribution in [0.5, 0.6) is 0 Å². The zero-order chi connectivity index (χ0) is 34.6. The molecular weight excluding hydrogens is 588 g/mol. The van der Waals surface area contributed by atoms with E-state index < -0.39 is 6.10 Å². The Morgan fingerprint density at radius 3 is 1.11 bits per heavy atom. The van der Waals surface area contributed by atoms with E-state index in [0.29, 0.717) is 19.3 Å². The van der Waals surface area contributed by atoms with Gasteiger partial charge in [-0.3, -0.25) is 14.4 Å². The average Bonchev–Trinajstić information content (AvgIpc) is 3.07. The summed E-state index contributed by atoms with van der Waals surface area (Å²) in [6.45, 7) is 8.90. The van der Waals surface area contributed by atoms with Crippen molar-refractivity contribution < 1.29 is 28.6 Å². The fourth-order valence-electron chi connectivity index (χ4n) is 5.89. The van der Waals surface area contributed by atoms with Crippen molar-refractivity contribution in [1.29, 1.82) is 0 Å². The lowest BCUT2D eigenvalue weighted by molar-refractivity contribution is -0.167. The minimum Gasteiger partial charge on any atom is -0.462 e. The molecule has 278 valence electrons. The summed E-state index contributed by atoms with van der Waals surface area (Å²) < 4.78 is 16.6. The van der Waals surface area contributed by atoms with Crippen LogP contribution in [-0.4, -0.2) is 37.2 Å². The molecule has 0 rings (SSSR count). The minimum absolute atomic E-state index is 0.0660. The molecule has 0 aliphatic rings. The van der Waals surface area contributed by atoms with Crippen LogP contribution in [0, 0.1) is 5.92 Å². The number of esters is 3. The van der Waals surface area contributed by atoms with Crippen molar-refractivity contribution in [3.05, 3.63) is 0 Å². The van der Waals surface area contributed by atoms with Crippen LogP contribution in [0.2, 0.25) is 0 Å². The fraction of sp³-hybridized carbons (Fsp3) is 0.927. The van der Waals surface area contributed by atoms with Gasteiger partial charge in [0, 0.05) is 19.3 Å². The van der Waals surface area contributed by atoms with Gasteiger partial charge in [-0.05, 0) is 25.2 Å². The van der Waals surface area contributed by atoms with E-state index in [4.69, 9.17) is 14.2 Å². The van der Waals surface area contributed by atoms with Crippen LogP contribution in [0.1, 0.15) is 220 Å². The third-order valence-electron chi connectivity index (χ3n) is 9.40. The van der Waals surface area contributed by atoms with Crippen LogP contribution in [0.3, 0.4) is 0 Å². The summed E-state index contributed by atoms with van der Waals surface area (Å²) >= 11 is 0.